The largest absolute Gasteiger partial charge is 0.324 e. The van der Waals surface area contributed by atoms with Crippen molar-refractivity contribution in [3.63, 3.8) is 0 Å². The van der Waals surface area contributed by atoms with E-state index in [1.807, 2.05) is 4.90 Å². The van der Waals surface area contributed by atoms with Crippen LogP contribution in [0.2, 0.25) is 0 Å². The van der Waals surface area contributed by atoms with Gasteiger partial charge in [0.2, 0.25) is 0 Å². The molecular formula is C21H15N5O3S. The second-order valence-electron chi connectivity index (χ2n) is 7.61. The van der Waals surface area contributed by atoms with Crippen LogP contribution in [0.25, 0.3) is 0 Å². The number of para-hydroxylation sites is 1. The Bertz CT molecular complexity index is 1170. The first-order valence-electron chi connectivity index (χ1n) is 9.33. The monoisotopic (exact) mass is 417 g/mol. The maximum Gasteiger partial charge on any atom is 0.269 e. The van der Waals surface area contributed by atoms with Crippen molar-refractivity contribution >= 4 is 29.0 Å². The van der Waals surface area contributed by atoms with E-state index in [0.717, 1.165) is 0 Å². The minimum atomic E-state index is -1.75. The Hall–Kier alpha value is -3.40. The van der Waals surface area contributed by atoms with Gasteiger partial charge in [-0.2, -0.15) is 10.5 Å². The lowest BCUT2D eigenvalue weighted by atomic mass is 9.62. The third-order valence-corrected chi connectivity index (χ3v) is 7.50. The average Bonchev–Trinajstić information content (AvgIpc) is 3.40. The van der Waals surface area contributed by atoms with Crippen LogP contribution < -0.4 is 5.32 Å². The van der Waals surface area contributed by atoms with Crippen LogP contribution in [-0.2, 0) is 10.3 Å². The summed E-state index contributed by atoms with van der Waals surface area (Å²) >= 11 is 1.63. The van der Waals surface area contributed by atoms with Gasteiger partial charge in [0.15, 0.2) is 11.0 Å². The van der Waals surface area contributed by atoms with Crippen molar-refractivity contribution in [2.45, 2.75) is 17.5 Å². The van der Waals surface area contributed by atoms with Gasteiger partial charge in [0.05, 0.1) is 17.1 Å². The normalized spacial score (nSPS) is 28.4. The number of thioether (sulfide) groups is 1. The molecule has 1 spiro atoms. The van der Waals surface area contributed by atoms with Crippen molar-refractivity contribution in [2.75, 3.05) is 16.9 Å². The maximum atomic E-state index is 13.5. The average molecular weight is 417 g/mol. The van der Waals surface area contributed by atoms with Crippen LogP contribution in [-0.4, -0.2) is 33.4 Å². The van der Waals surface area contributed by atoms with Gasteiger partial charge in [-0.15, -0.1) is 11.8 Å². The number of benzene rings is 2. The molecule has 3 heterocycles. The van der Waals surface area contributed by atoms with E-state index < -0.39 is 27.7 Å². The fourth-order valence-corrected chi connectivity index (χ4v) is 6.67. The number of carbonyl (C=O) groups excluding carboxylic acids is 1. The number of hydrogen-bond donors (Lipinski definition) is 1. The van der Waals surface area contributed by atoms with Gasteiger partial charge in [-0.25, -0.2) is 0 Å². The Balaban J connectivity index is 1.82. The molecule has 3 aliphatic heterocycles. The number of non-ortho nitro benzene ring substituents is 1. The number of nitrogens with zero attached hydrogens (tertiary/aromatic N) is 4. The van der Waals surface area contributed by atoms with Crippen molar-refractivity contribution in [1.29, 1.82) is 10.5 Å². The van der Waals surface area contributed by atoms with Crippen LogP contribution in [0.15, 0.2) is 48.5 Å². The lowest BCUT2D eigenvalue weighted by Crippen LogP contribution is -2.55. The summed E-state index contributed by atoms with van der Waals surface area (Å²) in [6.45, 7) is 0. The van der Waals surface area contributed by atoms with Gasteiger partial charge in [0.1, 0.15) is 0 Å². The van der Waals surface area contributed by atoms with E-state index in [-0.39, 0.29) is 11.7 Å². The molecule has 2 fully saturated rings. The van der Waals surface area contributed by atoms with E-state index in [1.54, 1.807) is 48.2 Å². The summed E-state index contributed by atoms with van der Waals surface area (Å²) in [4.78, 5) is 26.3. The highest BCUT2D eigenvalue weighted by atomic mass is 32.2. The zero-order chi connectivity index (χ0) is 21.1. The second-order valence-corrected chi connectivity index (χ2v) is 8.61. The summed E-state index contributed by atoms with van der Waals surface area (Å²) in [7, 11) is 0. The summed E-state index contributed by atoms with van der Waals surface area (Å²) in [6.07, 6.45) is 0. The van der Waals surface area contributed by atoms with Gasteiger partial charge in [-0.3, -0.25) is 19.8 Å². The summed E-state index contributed by atoms with van der Waals surface area (Å²) in [5.74, 6) is 0.0325. The number of amides is 1. The molecule has 5 rings (SSSR count). The predicted molar refractivity (Wildman–Crippen MR) is 109 cm³/mol. The first-order chi connectivity index (χ1) is 14.5. The molecule has 9 heteroatoms. The SMILES string of the molecule is N#CC1(C#N)[C@@H](c2cccc([N+](=O)[O-])c2)C2CSCN2[C@@]12C(=O)Nc1ccccc12. The highest BCUT2D eigenvalue weighted by Gasteiger charge is 2.76. The van der Waals surface area contributed by atoms with E-state index in [1.165, 1.54) is 12.1 Å². The van der Waals surface area contributed by atoms with Crippen LogP contribution in [0.4, 0.5) is 11.4 Å². The van der Waals surface area contributed by atoms with Gasteiger partial charge in [0.25, 0.3) is 11.6 Å². The molecule has 8 nitrogen and oxygen atoms in total. The molecule has 1 unspecified atom stereocenters. The van der Waals surface area contributed by atoms with E-state index in [0.29, 0.717) is 28.4 Å². The molecule has 0 saturated carbocycles. The topological polar surface area (TPSA) is 123 Å². The van der Waals surface area contributed by atoms with Crippen molar-refractivity contribution < 1.29 is 9.72 Å². The molecule has 0 aromatic heterocycles. The Morgan fingerprint density at radius 3 is 2.70 bits per heavy atom. The fourth-order valence-electron chi connectivity index (χ4n) is 5.37. The van der Waals surface area contributed by atoms with Crippen LogP contribution in [0.3, 0.4) is 0 Å². The number of nitro groups is 1. The molecular weight excluding hydrogens is 402 g/mol. The van der Waals surface area contributed by atoms with Gasteiger partial charge in [-0.05, 0) is 11.6 Å². The van der Waals surface area contributed by atoms with Crippen LogP contribution in [0, 0.1) is 38.2 Å². The smallest absolute Gasteiger partial charge is 0.269 e. The predicted octanol–water partition coefficient (Wildman–Crippen LogP) is 2.95. The molecule has 1 amide bonds. The molecule has 0 radical (unpaired) electrons. The lowest BCUT2D eigenvalue weighted by Gasteiger charge is -2.38. The van der Waals surface area contributed by atoms with Crippen molar-refractivity contribution in [3.8, 4) is 12.1 Å². The fraction of sp³-hybridized carbons (Fsp3) is 0.286. The second kappa shape index (κ2) is 6.30. The third-order valence-electron chi connectivity index (χ3n) is 6.46. The molecule has 0 bridgehead atoms. The first-order valence-corrected chi connectivity index (χ1v) is 10.5. The van der Waals surface area contributed by atoms with Crippen molar-refractivity contribution in [2.24, 2.45) is 5.41 Å². The molecule has 0 aliphatic carbocycles. The van der Waals surface area contributed by atoms with Gasteiger partial charge in [-0.1, -0.05) is 30.3 Å². The zero-order valence-corrected chi connectivity index (χ0v) is 16.4. The standard InChI is InChI=1S/C21H15N5O3S/c22-10-20(11-23)18(13-4-3-5-14(8-13)26(28)29)17-9-30-12-25(17)21(20)15-6-1-2-7-16(15)24-19(21)27/h1-8,17-18H,9,12H2,(H,24,27)/t17?,18-,21-/m0/s1. The van der Waals surface area contributed by atoms with Gasteiger partial charge >= 0.3 is 0 Å². The molecule has 148 valence electrons. The molecule has 2 aromatic rings. The quantitative estimate of drug-likeness (QED) is 0.588. The van der Waals surface area contributed by atoms with Gasteiger partial charge < -0.3 is 5.32 Å². The number of carbonyl (C=O) groups is 1. The molecule has 30 heavy (non-hydrogen) atoms. The molecule has 3 atom stereocenters. The first kappa shape index (κ1) is 18.6. The van der Waals surface area contributed by atoms with Crippen LogP contribution >= 0.6 is 11.8 Å². The number of rotatable bonds is 2. The third kappa shape index (κ3) is 2.01. The van der Waals surface area contributed by atoms with Crippen LogP contribution in [0.1, 0.15) is 17.0 Å². The number of nitrogens with one attached hydrogen (secondary N) is 1. The minimum Gasteiger partial charge on any atom is -0.324 e. The molecule has 2 aromatic carbocycles. The van der Waals surface area contributed by atoms with E-state index in [9.17, 15) is 25.4 Å². The lowest BCUT2D eigenvalue weighted by molar-refractivity contribution is -0.384. The number of hydrogen-bond acceptors (Lipinski definition) is 7. The minimum absolute atomic E-state index is 0.105. The van der Waals surface area contributed by atoms with E-state index in [2.05, 4.69) is 17.5 Å². The number of fused-ring (bicyclic) bond motifs is 4. The maximum absolute atomic E-state index is 13.5. The van der Waals surface area contributed by atoms with E-state index >= 15 is 0 Å². The zero-order valence-electron chi connectivity index (χ0n) is 15.6. The number of anilines is 1. The molecule has 2 saturated heterocycles. The summed E-state index contributed by atoms with van der Waals surface area (Å²) < 4.78 is 0. The number of nitro benzene ring substituents is 1. The highest BCUT2D eigenvalue weighted by molar-refractivity contribution is 7.99. The molecule has 1 N–H and O–H groups in total. The van der Waals surface area contributed by atoms with Crippen molar-refractivity contribution in [3.05, 3.63) is 69.8 Å². The molecule has 3 aliphatic rings. The Morgan fingerprint density at radius 1 is 1.20 bits per heavy atom. The van der Waals surface area contributed by atoms with Crippen molar-refractivity contribution in [1.82, 2.24) is 4.90 Å². The highest BCUT2D eigenvalue weighted by Crippen LogP contribution is 2.66. The summed E-state index contributed by atoms with van der Waals surface area (Å²) in [5, 5.41) is 35.1. The Kier molecular flexibility index (Phi) is 3.91. The van der Waals surface area contributed by atoms with Crippen LogP contribution in [0.5, 0.6) is 0 Å². The Labute approximate surface area is 176 Å². The van der Waals surface area contributed by atoms with E-state index in [4.69, 9.17) is 0 Å². The summed E-state index contributed by atoms with van der Waals surface area (Å²) in [6, 6.07) is 17.4. The Morgan fingerprint density at radius 2 is 1.97 bits per heavy atom. The van der Waals surface area contributed by atoms with Gasteiger partial charge in [0, 0.05) is 47.0 Å². The number of nitriles is 2. The summed E-state index contributed by atoms with van der Waals surface area (Å²) in [5.41, 5.74) is -1.60.